The summed E-state index contributed by atoms with van der Waals surface area (Å²) in [5.74, 6) is 0.717. The molecule has 0 radical (unpaired) electrons. The van der Waals surface area contributed by atoms with Crippen LogP contribution in [0.15, 0.2) is 12.3 Å². The van der Waals surface area contributed by atoms with Crippen LogP contribution in [0.25, 0.3) is 11.3 Å². The largest absolute Gasteiger partial charge is 0.351 e. The van der Waals surface area contributed by atoms with Gasteiger partial charge in [-0.25, -0.2) is 9.97 Å². The first-order valence-electron chi connectivity index (χ1n) is 7.83. The summed E-state index contributed by atoms with van der Waals surface area (Å²) in [5, 5.41) is 7.95. The Hall–Kier alpha value is -1.95. The molecule has 0 aromatic carbocycles. The third-order valence-electron chi connectivity index (χ3n) is 4.47. The summed E-state index contributed by atoms with van der Waals surface area (Å²) >= 11 is 0. The van der Waals surface area contributed by atoms with E-state index in [9.17, 15) is 0 Å². The summed E-state index contributed by atoms with van der Waals surface area (Å²) in [6.45, 7) is 6.34. The molecule has 3 heterocycles. The van der Waals surface area contributed by atoms with E-state index in [1.165, 1.54) is 0 Å². The standard InChI is InChI=1S/C16H24N6/c1-11-15(12(2)22(4)20-11)14-5-8-17-16(19-14)18-13-6-9-21(3)10-7-13/h5,8,13H,6-7,9-10H2,1-4H3,(H,17,18,19). The van der Waals surface area contributed by atoms with E-state index >= 15 is 0 Å². The van der Waals surface area contributed by atoms with Crippen molar-refractivity contribution in [2.45, 2.75) is 32.7 Å². The Balaban J connectivity index is 1.81. The molecule has 22 heavy (non-hydrogen) atoms. The summed E-state index contributed by atoms with van der Waals surface area (Å²) in [7, 11) is 4.13. The van der Waals surface area contributed by atoms with Gasteiger partial charge in [0.2, 0.25) is 5.95 Å². The molecule has 0 amide bonds. The highest BCUT2D eigenvalue weighted by Crippen LogP contribution is 2.25. The van der Waals surface area contributed by atoms with Gasteiger partial charge in [-0.15, -0.1) is 0 Å². The normalized spacial score (nSPS) is 16.9. The zero-order valence-corrected chi connectivity index (χ0v) is 13.8. The van der Waals surface area contributed by atoms with Crippen molar-refractivity contribution in [3.05, 3.63) is 23.7 Å². The van der Waals surface area contributed by atoms with Crippen LogP contribution in [0.2, 0.25) is 0 Å². The fourth-order valence-corrected chi connectivity index (χ4v) is 3.05. The zero-order chi connectivity index (χ0) is 15.7. The molecule has 0 saturated carbocycles. The van der Waals surface area contributed by atoms with E-state index < -0.39 is 0 Å². The Morgan fingerprint density at radius 2 is 1.91 bits per heavy atom. The maximum atomic E-state index is 4.70. The molecule has 0 atom stereocenters. The van der Waals surface area contributed by atoms with E-state index in [0.717, 1.165) is 54.5 Å². The lowest BCUT2D eigenvalue weighted by atomic mass is 10.1. The molecule has 6 heteroatoms. The van der Waals surface area contributed by atoms with Crippen LogP contribution in [0, 0.1) is 13.8 Å². The van der Waals surface area contributed by atoms with Crippen molar-refractivity contribution in [1.29, 1.82) is 0 Å². The van der Waals surface area contributed by atoms with Gasteiger partial charge in [0.15, 0.2) is 0 Å². The van der Waals surface area contributed by atoms with Gasteiger partial charge in [0.25, 0.3) is 0 Å². The number of hydrogen-bond donors (Lipinski definition) is 1. The van der Waals surface area contributed by atoms with Gasteiger partial charge in [-0.3, -0.25) is 4.68 Å². The fraction of sp³-hybridized carbons (Fsp3) is 0.562. The minimum absolute atomic E-state index is 0.461. The molecule has 0 unspecified atom stereocenters. The van der Waals surface area contributed by atoms with Crippen molar-refractivity contribution in [3.8, 4) is 11.3 Å². The highest BCUT2D eigenvalue weighted by molar-refractivity contribution is 5.65. The van der Waals surface area contributed by atoms with Crippen molar-refractivity contribution >= 4 is 5.95 Å². The lowest BCUT2D eigenvalue weighted by Crippen LogP contribution is -2.37. The maximum absolute atomic E-state index is 4.70. The molecule has 1 aliphatic heterocycles. The number of nitrogens with zero attached hydrogens (tertiary/aromatic N) is 5. The average Bonchev–Trinajstić information content (AvgIpc) is 2.75. The summed E-state index contributed by atoms with van der Waals surface area (Å²) in [5.41, 5.74) is 4.18. The quantitative estimate of drug-likeness (QED) is 0.939. The molecule has 1 saturated heterocycles. The van der Waals surface area contributed by atoms with E-state index in [2.05, 4.69) is 34.3 Å². The smallest absolute Gasteiger partial charge is 0.223 e. The number of rotatable bonds is 3. The van der Waals surface area contributed by atoms with Crippen molar-refractivity contribution < 1.29 is 0 Å². The van der Waals surface area contributed by atoms with E-state index in [1.807, 2.05) is 30.9 Å². The molecule has 1 fully saturated rings. The molecule has 0 bridgehead atoms. The van der Waals surface area contributed by atoms with Crippen LogP contribution in [-0.2, 0) is 7.05 Å². The number of aromatic nitrogens is 4. The molecule has 2 aromatic heterocycles. The maximum Gasteiger partial charge on any atom is 0.223 e. The Bertz CT molecular complexity index is 655. The molecule has 1 N–H and O–H groups in total. The van der Waals surface area contributed by atoms with Gasteiger partial charge in [0, 0.05) is 30.5 Å². The van der Waals surface area contributed by atoms with Gasteiger partial charge in [-0.1, -0.05) is 0 Å². The van der Waals surface area contributed by atoms with Crippen LogP contribution in [0.4, 0.5) is 5.95 Å². The Kier molecular flexibility index (Phi) is 4.11. The van der Waals surface area contributed by atoms with Crippen LogP contribution in [-0.4, -0.2) is 50.8 Å². The molecule has 3 rings (SSSR count). The summed E-state index contributed by atoms with van der Waals surface area (Å²) in [4.78, 5) is 11.4. The van der Waals surface area contributed by atoms with Crippen LogP contribution in [0.1, 0.15) is 24.2 Å². The Labute approximate surface area is 131 Å². The SMILES string of the molecule is Cc1nn(C)c(C)c1-c1ccnc(NC2CCN(C)CC2)n1. The molecular formula is C16H24N6. The first-order valence-corrected chi connectivity index (χ1v) is 7.83. The van der Waals surface area contributed by atoms with Gasteiger partial charge in [0.05, 0.1) is 11.4 Å². The van der Waals surface area contributed by atoms with Crippen molar-refractivity contribution in [2.24, 2.45) is 7.05 Å². The Morgan fingerprint density at radius 3 is 2.55 bits per heavy atom. The third-order valence-corrected chi connectivity index (χ3v) is 4.47. The molecule has 0 spiro atoms. The fourth-order valence-electron chi connectivity index (χ4n) is 3.05. The highest BCUT2D eigenvalue weighted by Gasteiger charge is 2.18. The molecule has 2 aromatic rings. The number of likely N-dealkylation sites (tertiary alicyclic amines) is 1. The predicted molar refractivity (Wildman–Crippen MR) is 87.8 cm³/mol. The van der Waals surface area contributed by atoms with Crippen molar-refractivity contribution in [3.63, 3.8) is 0 Å². The summed E-state index contributed by atoms with van der Waals surface area (Å²) in [6.07, 6.45) is 4.09. The number of piperidine rings is 1. The monoisotopic (exact) mass is 300 g/mol. The van der Waals surface area contributed by atoms with Crippen LogP contribution >= 0.6 is 0 Å². The summed E-state index contributed by atoms with van der Waals surface area (Å²) < 4.78 is 1.90. The van der Waals surface area contributed by atoms with E-state index in [4.69, 9.17) is 4.98 Å². The van der Waals surface area contributed by atoms with Crippen molar-refractivity contribution in [2.75, 3.05) is 25.5 Å². The second-order valence-corrected chi connectivity index (χ2v) is 6.16. The Morgan fingerprint density at radius 1 is 1.18 bits per heavy atom. The topological polar surface area (TPSA) is 58.9 Å². The van der Waals surface area contributed by atoms with Gasteiger partial charge in [-0.2, -0.15) is 5.10 Å². The predicted octanol–water partition coefficient (Wildman–Crippen LogP) is 2.00. The number of nitrogens with one attached hydrogen (secondary N) is 1. The minimum atomic E-state index is 0.461. The van der Waals surface area contributed by atoms with Crippen LogP contribution < -0.4 is 5.32 Å². The number of hydrogen-bond acceptors (Lipinski definition) is 5. The van der Waals surface area contributed by atoms with Gasteiger partial charge < -0.3 is 10.2 Å². The van der Waals surface area contributed by atoms with Crippen LogP contribution in [0.3, 0.4) is 0 Å². The van der Waals surface area contributed by atoms with E-state index in [-0.39, 0.29) is 0 Å². The molecule has 6 nitrogen and oxygen atoms in total. The van der Waals surface area contributed by atoms with Crippen molar-refractivity contribution in [1.82, 2.24) is 24.6 Å². The second kappa shape index (κ2) is 6.04. The summed E-state index contributed by atoms with van der Waals surface area (Å²) in [6, 6.07) is 2.42. The molecular weight excluding hydrogens is 276 g/mol. The first kappa shape index (κ1) is 15.0. The van der Waals surface area contributed by atoms with E-state index in [1.54, 1.807) is 0 Å². The van der Waals surface area contributed by atoms with Gasteiger partial charge in [0.1, 0.15) is 0 Å². The number of anilines is 1. The average molecular weight is 300 g/mol. The third kappa shape index (κ3) is 2.97. The molecule has 1 aliphatic rings. The highest BCUT2D eigenvalue weighted by atomic mass is 15.3. The molecule has 0 aliphatic carbocycles. The minimum Gasteiger partial charge on any atom is -0.351 e. The van der Waals surface area contributed by atoms with E-state index in [0.29, 0.717) is 6.04 Å². The number of aryl methyl sites for hydroxylation is 2. The van der Waals surface area contributed by atoms with Crippen LogP contribution in [0.5, 0.6) is 0 Å². The lowest BCUT2D eigenvalue weighted by Gasteiger charge is -2.29. The second-order valence-electron chi connectivity index (χ2n) is 6.16. The first-order chi connectivity index (χ1) is 10.5. The lowest BCUT2D eigenvalue weighted by molar-refractivity contribution is 0.263. The zero-order valence-electron chi connectivity index (χ0n) is 13.8. The van der Waals surface area contributed by atoms with Gasteiger partial charge in [-0.05, 0) is 52.9 Å². The molecule has 118 valence electrons. The van der Waals surface area contributed by atoms with Gasteiger partial charge >= 0.3 is 0 Å².